The van der Waals surface area contributed by atoms with Crippen LogP contribution in [0, 0.1) is 0 Å². The van der Waals surface area contributed by atoms with Crippen LogP contribution in [0.1, 0.15) is 17.2 Å². The number of fused-ring (bicyclic) bond motifs is 1. The highest BCUT2D eigenvalue weighted by molar-refractivity contribution is 6.30. The second-order valence-electron chi connectivity index (χ2n) is 6.17. The third kappa shape index (κ3) is 3.72. The van der Waals surface area contributed by atoms with Crippen LogP contribution in [0.4, 0.5) is 0 Å². The minimum Gasteiger partial charge on any atom is -0.456 e. The van der Waals surface area contributed by atoms with Gasteiger partial charge in [0.1, 0.15) is 17.6 Å². The molecule has 1 atom stereocenters. The number of aliphatic hydroxyl groups is 1. The first kappa shape index (κ1) is 17.3. The van der Waals surface area contributed by atoms with E-state index in [0.29, 0.717) is 33.0 Å². The maximum absolute atomic E-state index is 12.0. The van der Waals surface area contributed by atoms with Gasteiger partial charge < -0.3 is 14.8 Å². The van der Waals surface area contributed by atoms with Gasteiger partial charge >= 0.3 is 0 Å². The van der Waals surface area contributed by atoms with Crippen LogP contribution in [-0.2, 0) is 0 Å². The van der Waals surface area contributed by atoms with Crippen molar-refractivity contribution in [3.63, 3.8) is 0 Å². The van der Waals surface area contributed by atoms with Crippen LogP contribution in [0.2, 0.25) is 5.02 Å². The van der Waals surface area contributed by atoms with E-state index in [4.69, 9.17) is 16.3 Å². The van der Waals surface area contributed by atoms with Crippen LogP contribution >= 0.6 is 11.6 Å². The number of para-hydroxylation sites is 1. The molecule has 4 rings (SSSR count). The molecule has 0 aliphatic carbocycles. The predicted octanol–water partition coefficient (Wildman–Crippen LogP) is 5.06. The average molecular weight is 378 g/mol. The lowest BCUT2D eigenvalue weighted by Crippen LogP contribution is -2.06. The average Bonchev–Trinajstić information content (AvgIpc) is 2.68. The van der Waals surface area contributed by atoms with Crippen molar-refractivity contribution in [3.05, 3.63) is 105 Å². The second kappa shape index (κ2) is 7.27. The van der Waals surface area contributed by atoms with Crippen LogP contribution in [-0.4, -0.2) is 10.1 Å². The van der Waals surface area contributed by atoms with Crippen molar-refractivity contribution in [2.45, 2.75) is 6.10 Å². The molecule has 2 N–H and O–H groups in total. The number of aromatic nitrogens is 1. The topological polar surface area (TPSA) is 62.3 Å². The number of hydrogen-bond acceptors (Lipinski definition) is 3. The molecule has 0 amide bonds. The Bertz CT molecular complexity index is 1140. The Balaban J connectivity index is 1.78. The summed E-state index contributed by atoms with van der Waals surface area (Å²) >= 11 is 5.92. The Morgan fingerprint density at radius 1 is 0.889 bits per heavy atom. The first-order valence-electron chi connectivity index (χ1n) is 8.43. The van der Waals surface area contributed by atoms with Crippen LogP contribution in [0.25, 0.3) is 10.9 Å². The first-order chi connectivity index (χ1) is 13.1. The molecule has 134 valence electrons. The van der Waals surface area contributed by atoms with Crippen LogP contribution in [0.3, 0.4) is 0 Å². The molecule has 4 aromatic rings. The molecule has 1 heterocycles. The molecular formula is C22H16ClNO3. The molecule has 4 nitrogen and oxygen atoms in total. The Labute approximate surface area is 160 Å². The minimum atomic E-state index is -0.817. The smallest absolute Gasteiger partial charge is 0.252 e. The van der Waals surface area contributed by atoms with Crippen molar-refractivity contribution in [1.82, 2.24) is 4.98 Å². The van der Waals surface area contributed by atoms with E-state index in [-0.39, 0.29) is 5.56 Å². The molecule has 0 saturated heterocycles. The van der Waals surface area contributed by atoms with Gasteiger partial charge in [0.2, 0.25) is 0 Å². The van der Waals surface area contributed by atoms with E-state index in [2.05, 4.69) is 4.98 Å². The number of nitrogens with one attached hydrogen (secondary N) is 1. The molecule has 3 aromatic carbocycles. The van der Waals surface area contributed by atoms with Crippen molar-refractivity contribution in [2.24, 2.45) is 0 Å². The van der Waals surface area contributed by atoms with Gasteiger partial charge in [-0.1, -0.05) is 48.0 Å². The largest absolute Gasteiger partial charge is 0.456 e. The lowest BCUT2D eigenvalue weighted by Gasteiger charge is -2.14. The number of aliphatic hydroxyl groups excluding tert-OH is 1. The first-order valence-corrected chi connectivity index (χ1v) is 8.81. The van der Waals surface area contributed by atoms with Gasteiger partial charge in [-0.15, -0.1) is 0 Å². The fraction of sp³-hybridized carbons (Fsp3) is 0.0455. The molecule has 1 unspecified atom stereocenters. The quantitative estimate of drug-likeness (QED) is 0.522. The number of halogens is 1. The number of aromatic amines is 1. The zero-order chi connectivity index (χ0) is 18.8. The van der Waals surface area contributed by atoms with E-state index in [1.165, 1.54) is 6.07 Å². The Hall–Kier alpha value is -3.08. The van der Waals surface area contributed by atoms with Crippen molar-refractivity contribution in [1.29, 1.82) is 0 Å². The molecule has 0 radical (unpaired) electrons. The van der Waals surface area contributed by atoms with Crippen molar-refractivity contribution in [2.75, 3.05) is 0 Å². The normalized spacial score (nSPS) is 12.1. The molecule has 0 spiro atoms. The van der Waals surface area contributed by atoms with E-state index >= 15 is 0 Å². The van der Waals surface area contributed by atoms with Gasteiger partial charge in [0.15, 0.2) is 0 Å². The van der Waals surface area contributed by atoms with E-state index < -0.39 is 6.10 Å². The van der Waals surface area contributed by atoms with Gasteiger partial charge in [-0.05, 0) is 47.5 Å². The second-order valence-corrected chi connectivity index (χ2v) is 6.61. The lowest BCUT2D eigenvalue weighted by atomic mass is 10.00. The summed E-state index contributed by atoms with van der Waals surface area (Å²) in [7, 11) is 0. The number of rotatable bonds is 4. The SMILES string of the molecule is O=c1cc(Oc2ccccc2)c2cc(C(O)c3ccc(Cl)cc3)ccc2[nH]1. The maximum atomic E-state index is 12.0. The number of pyridine rings is 1. The monoisotopic (exact) mass is 377 g/mol. The van der Waals surface area contributed by atoms with Gasteiger partial charge in [0.25, 0.3) is 5.56 Å². The zero-order valence-corrected chi connectivity index (χ0v) is 15.0. The molecule has 0 bridgehead atoms. The van der Waals surface area contributed by atoms with Gasteiger partial charge in [-0.2, -0.15) is 0 Å². The predicted molar refractivity (Wildman–Crippen MR) is 107 cm³/mol. The van der Waals surface area contributed by atoms with E-state index in [1.807, 2.05) is 36.4 Å². The van der Waals surface area contributed by atoms with E-state index in [9.17, 15) is 9.90 Å². The molecule has 0 fully saturated rings. The highest BCUT2D eigenvalue weighted by atomic mass is 35.5. The Morgan fingerprint density at radius 3 is 2.33 bits per heavy atom. The minimum absolute atomic E-state index is 0.251. The third-order valence-corrected chi connectivity index (χ3v) is 4.55. The Morgan fingerprint density at radius 2 is 1.59 bits per heavy atom. The summed E-state index contributed by atoms with van der Waals surface area (Å²) in [6.45, 7) is 0. The van der Waals surface area contributed by atoms with Gasteiger partial charge in [0, 0.05) is 16.5 Å². The highest BCUT2D eigenvalue weighted by Gasteiger charge is 2.13. The molecule has 0 aliphatic rings. The Kier molecular flexibility index (Phi) is 4.67. The summed E-state index contributed by atoms with van der Waals surface area (Å²) in [6.07, 6.45) is -0.817. The summed E-state index contributed by atoms with van der Waals surface area (Å²) in [6, 6.07) is 23.1. The molecular weight excluding hydrogens is 362 g/mol. The van der Waals surface area contributed by atoms with Gasteiger partial charge in [0.05, 0.1) is 5.52 Å². The fourth-order valence-corrected chi connectivity index (χ4v) is 3.07. The number of ether oxygens (including phenoxy) is 1. The summed E-state index contributed by atoms with van der Waals surface area (Å²) in [5.74, 6) is 1.07. The highest BCUT2D eigenvalue weighted by Crippen LogP contribution is 2.31. The molecule has 5 heteroatoms. The van der Waals surface area contributed by atoms with Crippen molar-refractivity contribution in [3.8, 4) is 11.5 Å². The summed E-state index contributed by atoms with van der Waals surface area (Å²) < 4.78 is 5.91. The maximum Gasteiger partial charge on any atom is 0.252 e. The van der Waals surface area contributed by atoms with Crippen LogP contribution in [0.15, 0.2) is 83.7 Å². The van der Waals surface area contributed by atoms with Crippen molar-refractivity contribution >= 4 is 22.5 Å². The van der Waals surface area contributed by atoms with Crippen LogP contribution in [0.5, 0.6) is 11.5 Å². The number of benzene rings is 3. The molecule has 0 saturated carbocycles. The lowest BCUT2D eigenvalue weighted by molar-refractivity contribution is 0.220. The summed E-state index contributed by atoms with van der Waals surface area (Å²) in [5, 5.41) is 12.0. The standard InChI is InChI=1S/C22H16ClNO3/c23-16-9-6-14(7-10-16)22(26)15-8-11-19-18(12-15)20(13-21(25)24-19)27-17-4-2-1-3-5-17/h1-13,22,26H,(H,24,25). The molecule has 1 aromatic heterocycles. The summed E-state index contributed by atoms with van der Waals surface area (Å²) in [4.78, 5) is 14.8. The number of H-pyrrole nitrogens is 1. The zero-order valence-electron chi connectivity index (χ0n) is 14.2. The summed E-state index contributed by atoms with van der Waals surface area (Å²) in [5.41, 5.74) is 1.81. The van der Waals surface area contributed by atoms with Gasteiger partial charge in [-0.25, -0.2) is 0 Å². The number of hydrogen-bond donors (Lipinski definition) is 2. The molecule has 0 aliphatic heterocycles. The fourth-order valence-electron chi connectivity index (χ4n) is 2.95. The third-order valence-electron chi connectivity index (χ3n) is 4.30. The molecule has 27 heavy (non-hydrogen) atoms. The van der Waals surface area contributed by atoms with Crippen LogP contribution < -0.4 is 10.3 Å². The van der Waals surface area contributed by atoms with Gasteiger partial charge in [-0.3, -0.25) is 4.79 Å². The van der Waals surface area contributed by atoms with E-state index in [1.54, 1.807) is 36.4 Å². The van der Waals surface area contributed by atoms with Crippen molar-refractivity contribution < 1.29 is 9.84 Å². The van der Waals surface area contributed by atoms with E-state index in [0.717, 1.165) is 5.56 Å².